The molecule has 10 heteroatoms. The maximum Gasteiger partial charge on any atom is 0.167 e. The number of rotatable bonds is 8. The lowest BCUT2D eigenvalue weighted by Gasteiger charge is -2.39. The van der Waals surface area contributed by atoms with Crippen LogP contribution in [0.5, 0.6) is 23.0 Å². The molecule has 0 radical (unpaired) electrons. The van der Waals surface area contributed by atoms with Crippen molar-refractivity contribution in [2.24, 2.45) is 0 Å². The summed E-state index contributed by atoms with van der Waals surface area (Å²) in [6, 6.07) is 148. The number of fused-ring (bicyclic) bond motifs is 28. The molecule has 2 aliphatic carbocycles. The van der Waals surface area contributed by atoms with Crippen LogP contribution in [-0.4, -0.2) is 34.5 Å². The van der Waals surface area contributed by atoms with Gasteiger partial charge in [0.15, 0.2) is 17.5 Å². The Morgan fingerprint density at radius 2 is 0.627 bits per heavy atom. The Morgan fingerprint density at radius 1 is 0.214 bits per heavy atom. The number of nitrogens with zero attached hydrogens (tertiary/aromatic N) is 7. The average molecular weight is 1610 g/mol. The Hall–Kier alpha value is -16.8. The summed E-state index contributed by atoms with van der Waals surface area (Å²) in [4.78, 5) is 31.5. The standard InChI is InChI=1S/C59H34N4O2.C57H35N3O/c1-3-16-35(17-4-1)54-45-34-53-49(59(48-27-12-14-29-52(48)64-53)46-25-10-7-20-38(46)39-21-8-11-26-47(39)59)33-44(45)40-31-30-37(32-50(40)60-54)57-61-56(36-18-5-2-6-19-36)62-58(63-57)43-24-15-23-42-41-22-9-13-28-51(41)65-55(42)43;1-3-15-37(16-4-1)55-45-35-54-49(57(48-23-11-14-26-53(48)61-54)46-21-9-7-19-41(46)42-20-8-10-22-47(42)57)34-44(45)43-32-31-39(33-51(43)58-55)36-27-29-38(30-28-36)56-59-50-24-12-13-25-52(50)60(56)40-17-5-2-6-18-40/h1-34H;1-35H. The van der Waals surface area contributed by atoms with Crippen LogP contribution in [0.3, 0.4) is 0 Å². The first-order chi connectivity index (χ1) is 62.4. The van der Waals surface area contributed by atoms with Crippen LogP contribution in [0.1, 0.15) is 44.5 Å². The summed E-state index contributed by atoms with van der Waals surface area (Å²) in [7, 11) is 0. The summed E-state index contributed by atoms with van der Waals surface area (Å²) in [6.07, 6.45) is 0. The fraction of sp³-hybridized carbons (Fsp3) is 0.0172. The van der Waals surface area contributed by atoms with Crippen LogP contribution in [0.15, 0.2) is 423 Å². The molecule has 27 rings (SSSR count). The maximum absolute atomic E-state index is 6.96. The molecule has 5 aromatic heterocycles. The Kier molecular flexibility index (Phi) is 15.7. The predicted octanol–water partition coefficient (Wildman–Crippen LogP) is 28.8. The van der Waals surface area contributed by atoms with Gasteiger partial charge in [0, 0.05) is 88.1 Å². The van der Waals surface area contributed by atoms with Crippen molar-refractivity contribution in [3.05, 3.63) is 463 Å². The first-order valence-electron chi connectivity index (χ1n) is 42.7. The third kappa shape index (κ3) is 10.6. The monoisotopic (exact) mass is 1610 g/mol. The molecule has 4 aliphatic rings. The highest BCUT2D eigenvalue weighted by Gasteiger charge is 2.53. The molecule has 0 saturated carbocycles. The Labute approximate surface area is 724 Å². The molecule has 0 atom stereocenters. The predicted molar refractivity (Wildman–Crippen MR) is 507 cm³/mol. The van der Waals surface area contributed by atoms with Crippen molar-refractivity contribution in [1.29, 1.82) is 0 Å². The van der Waals surface area contributed by atoms with E-state index in [-0.39, 0.29) is 0 Å². The average Bonchev–Trinajstić information content (AvgIpc) is 1.49. The molecular formula is C116H69N7O3. The summed E-state index contributed by atoms with van der Waals surface area (Å²) in [5, 5.41) is 8.48. The molecule has 0 N–H and O–H groups in total. The molecule has 10 nitrogen and oxygen atoms in total. The smallest absolute Gasteiger partial charge is 0.167 e. The van der Waals surface area contributed by atoms with Gasteiger partial charge in [-0.25, -0.2) is 29.9 Å². The molecule has 7 heterocycles. The van der Waals surface area contributed by atoms with Crippen LogP contribution in [0, 0.1) is 0 Å². The third-order valence-electron chi connectivity index (χ3n) is 26.2. The van der Waals surface area contributed by atoms with Crippen molar-refractivity contribution in [2.75, 3.05) is 0 Å². The summed E-state index contributed by atoms with van der Waals surface area (Å²) in [5.74, 6) is 5.97. The molecule has 2 aliphatic heterocycles. The number of hydrogen-bond acceptors (Lipinski definition) is 9. The second-order valence-corrected chi connectivity index (χ2v) is 32.9. The zero-order valence-electron chi connectivity index (χ0n) is 67.7. The SMILES string of the molecule is c1ccc(-c2nc(-c3ccc4c(c3)nc(-c3ccccc3)c3cc5c(cc34)C3(c4ccccc4O5)c4ccccc4-c4ccccc43)nc(-c3cccc4c3oc3ccccc34)n2)cc1.c1ccc(-c2nc3cc(-c4ccc(-c5nc6ccccc6n5-c5ccccc5)cc4)ccc3c3cc4c(cc23)Oc2ccccc2C42c3ccccc3-c3ccccc32)cc1. The van der Waals surface area contributed by atoms with E-state index in [2.05, 4.69) is 344 Å². The number of pyridine rings is 2. The highest BCUT2D eigenvalue weighted by molar-refractivity contribution is 6.15. The lowest BCUT2D eigenvalue weighted by Crippen LogP contribution is -2.32. The van der Waals surface area contributed by atoms with Gasteiger partial charge >= 0.3 is 0 Å². The molecule has 126 heavy (non-hydrogen) atoms. The molecule has 0 fully saturated rings. The first-order valence-corrected chi connectivity index (χ1v) is 42.7. The van der Waals surface area contributed by atoms with Gasteiger partial charge in [-0.1, -0.05) is 334 Å². The van der Waals surface area contributed by atoms with E-state index in [0.717, 1.165) is 189 Å². The molecule has 0 amide bonds. The number of para-hydroxylation sites is 7. The Bertz CT molecular complexity index is 8390. The van der Waals surface area contributed by atoms with E-state index < -0.39 is 10.8 Å². The van der Waals surface area contributed by atoms with E-state index in [1.54, 1.807) is 0 Å². The largest absolute Gasteiger partial charge is 0.457 e. The lowest BCUT2D eigenvalue weighted by atomic mass is 9.65. The molecular weight excluding hydrogens is 1540 g/mol. The number of benzene rings is 18. The normalized spacial score (nSPS) is 13.2. The quantitative estimate of drug-likeness (QED) is 0.137. The number of imidazole rings is 1. The van der Waals surface area contributed by atoms with Gasteiger partial charge in [-0.15, -0.1) is 0 Å². The van der Waals surface area contributed by atoms with E-state index >= 15 is 0 Å². The van der Waals surface area contributed by atoms with Gasteiger partial charge < -0.3 is 13.9 Å². The van der Waals surface area contributed by atoms with E-state index in [1.807, 2.05) is 78.9 Å². The molecule has 586 valence electrons. The van der Waals surface area contributed by atoms with Crippen LogP contribution in [0.2, 0.25) is 0 Å². The van der Waals surface area contributed by atoms with E-state index in [4.69, 9.17) is 43.8 Å². The van der Waals surface area contributed by atoms with Crippen molar-refractivity contribution in [1.82, 2.24) is 34.5 Å². The van der Waals surface area contributed by atoms with Crippen molar-refractivity contribution < 1.29 is 13.9 Å². The lowest BCUT2D eigenvalue weighted by molar-refractivity contribution is 0.437. The van der Waals surface area contributed by atoms with Gasteiger partial charge in [0.25, 0.3) is 0 Å². The molecule has 0 unspecified atom stereocenters. The number of furan rings is 1. The van der Waals surface area contributed by atoms with Crippen LogP contribution in [-0.2, 0) is 10.8 Å². The van der Waals surface area contributed by atoms with E-state index in [0.29, 0.717) is 17.5 Å². The summed E-state index contributed by atoms with van der Waals surface area (Å²) >= 11 is 0. The molecule has 0 bridgehead atoms. The van der Waals surface area contributed by atoms with E-state index in [9.17, 15) is 0 Å². The van der Waals surface area contributed by atoms with Gasteiger partial charge in [0.05, 0.1) is 49.8 Å². The minimum Gasteiger partial charge on any atom is -0.457 e. The van der Waals surface area contributed by atoms with Gasteiger partial charge in [-0.3, -0.25) is 4.57 Å². The number of aromatic nitrogens is 7. The van der Waals surface area contributed by atoms with Crippen LogP contribution >= 0.6 is 0 Å². The van der Waals surface area contributed by atoms with Crippen LogP contribution in [0.4, 0.5) is 0 Å². The minimum absolute atomic E-state index is 0.532. The number of hydrogen-bond donors (Lipinski definition) is 0. The second-order valence-electron chi connectivity index (χ2n) is 32.9. The van der Waals surface area contributed by atoms with E-state index in [1.165, 1.54) is 44.5 Å². The highest BCUT2D eigenvalue weighted by atomic mass is 16.5. The first kappa shape index (κ1) is 71.0. The fourth-order valence-corrected chi connectivity index (χ4v) is 20.8. The summed E-state index contributed by atoms with van der Waals surface area (Å²) < 4.78 is 22.6. The Balaban J connectivity index is 0.000000134. The van der Waals surface area contributed by atoms with Crippen molar-refractivity contribution in [3.63, 3.8) is 0 Å². The molecule has 2 spiro atoms. The molecule has 0 saturated heterocycles. The number of ether oxygens (including phenoxy) is 2. The summed E-state index contributed by atoms with van der Waals surface area (Å²) in [6.45, 7) is 0. The van der Waals surface area contributed by atoms with Gasteiger partial charge in [-0.2, -0.15) is 0 Å². The Morgan fingerprint density at radius 3 is 1.18 bits per heavy atom. The van der Waals surface area contributed by atoms with Crippen molar-refractivity contribution in [2.45, 2.75) is 10.8 Å². The zero-order valence-corrected chi connectivity index (χ0v) is 67.7. The van der Waals surface area contributed by atoms with Gasteiger partial charge in [0.1, 0.15) is 40.0 Å². The zero-order chi connectivity index (χ0) is 82.7. The topological polar surface area (TPSA) is 114 Å². The van der Waals surface area contributed by atoms with Crippen LogP contribution < -0.4 is 9.47 Å². The van der Waals surface area contributed by atoms with Gasteiger partial charge in [-0.05, 0) is 151 Å². The fourth-order valence-electron chi connectivity index (χ4n) is 20.8. The maximum atomic E-state index is 6.96. The second kappa shape index (κ2) is 27.9. The third-order valence-corrected chi connectivity index (χ3v) is 26.2. The van der Waals surface area contributed by atoms with Crippen LogP contribution in [0.25, 0.3) is 183 Å². The summed E-state index contributed by atoms with van der Waals surface area (Å²) in [5.41, 5.74) is 29.6. The minimum atomic E-state index is -0.605. The van der Waals surface area contributed by atoms with Crippen molar-refractivity contribution in [3.8, 4) is 130 Å². The molecule has 23 aromatic rings. The highest BCUT2D eigenvalue weighted by Crippen LogP contribution is 2.65. The van der Waals surface area contributed by atoms with Gasteiger partial charge in [0.2, 0.25) is 0 Å². The van der Waals surface area contributed by atoms with Crippen molar-refractivity contribution >= 4 is 76.3 Å². The molecule has 18 aromatic carbocycles.